The molecule has 0 saturated heterocycles. The lowest BCUT2D eigenvalue weighted by atomic mass is 9.76. The number of anilines is 1. The number of benzene rings is 1. The number of H-pyrrole nitrogens is 2. The van der Waals surface area contributed by atoms with Gasteiger partial charge in [-0.1, -0.05) is 38.1 Å². The maximum absolute atomic E-state index is 12.6. The van der Waals surface area contributed by atoms with E-state index in [4.69, 9.17) is 0 Å². The molecule has 0 spiro atoms. The van der Waals surface area contributed by atoms with Gasteiger partial charge in [-0.2, -0.15) is 0 Å². The van der Waals surface area contributed by atoms with Crippen LogP contribution in [0.3, 0.4) is 0 Å². The molecule has 1 atom stereocenters. The first-order chi connectivity index (χ1) is 11.6. The lowest BCUT2D eigenvalue weighted by Crippen LogP contribution is -2.29. The number of hydrogen-bond acceptors (Lipinski definition) is 3. The van der Waals surface area contributed by atoms with Crippen LogP contribution in [-0.4, -0.2) is 16.0 Å². The van der Waals surface area contributed by atoms with Crippen LogP contribution in [-0.2, 0) is 4.79 Å². The van der Waals surface area contributed by atoms with Crippen molar-refractivity contribution in [3.8, 4) is 0 Å². The third kappa shape index (κ3) is 2.23. The SMILES string of the molecule is CC(C)c1ccc(C2C3=C(CCCC3=O)Nc3[nH][nH]c(=O)c32)cc1. The molecule has 1 aliphatic heterocycles. The van der Waals surface area contributed by atoms with Crippen molar-refractivity contribution in [2.24, 2.45) is 0 Å². The Bertz CT molecular complexity index is 884. The summed E-state index contributed by atoms with van der Waals surface area (Å²) in [5, 5.41) is 8.81. The van der Waals surface area contributed by atoms with Crippen molar-refractivity contribution >= 4 is 11.6 Å². The van der Waals surface area contributed by atoms with Gasteiger partial charge in [-0.25, -0.2) is 0 Å². The molecule has 0 saturated carbocycles. The topological polar surface area (TPSA) is 77.8 Å². The maximum atomic E-state index is 12.6. The smallest absolute Gasteiger partial charge is 0.270 e. The Morgan fingerprint density at radius 3 is 2.50 bits per heavy atom. The molecule has 24 heavy (non-hydrogen) atoms. The summed E-state index contributed by atoms with van der Waals surface area (Å²) in [6.45, 7) is 4.31. The molecular formula is C19H21N3O2. The van der Waals surface area contributed by atoms with Crippen molar-refractivity contribution in [1.29, 1.82) is 0 Å². The number of carbonyl (C=O) groups is 1. The van der Waals surface area contributed by atoms with Gasteiger partial charge in [0.15, 0.2) is 5.78 Å². The Balaban J connectivity index is 1.89. The van der Waals surface area contributed by atoms with E-state index in [1.54, 1.807) is 0 Å². The van der Waals surface area contributed by atoms with Crippen molar-refractivity contribution in [3.63, 3.8) is 0 Å². The first-order valence-electron chi connectivity index (χ1n) is 8.50. The molecule has 3 N–H and O–H groups in total. The Hall–Kier alpha value is -2.56. The lowest BCUT2D eigenvalue weighted by Gasteiger charge is -2.31. The lowest BCUT2D eigenvalue weighted by molar-refractivity contribution is -0.116. The monoisotopic (exact) mass is 323 g/mol. The van der Waals surface area contributed by atoms with E-state index in [0.29, 0.717) is 23.7 Å². The van der Waals surface area contributed by atoms with Gasteiger partial charge in [0, 0.05) is 23.6 Å². The first kappa shape index (κ1) is 15.0. The number of aromatic amines is 2. The molecule has 2 heterocycles. The van der Waals surface area contributed by atoms with Gasteiger partial charge in [-0.3, -0.25) is 19.8 Å². The highest BCUT2D eigenvalue weighted by Gasteiger charge is 2.37. The number of fused-ring (bicyclic) bond motifs is 1. The standard InChI is InChI=1S/C19H21N3O2/c1-10(2)11-6-8-12(9-7-11)15-16-13(4-3-5-14(16)23)20-18-17(15)19(24)22-21-18/h6-10,15H,3-5H2,1-2H3,(H3,20,21,22,24). The molecule has 2 aliphatic rings. The van der Waals surface area contributed by atoms with E-state index in [0.717, 1.165) is 29.7 Å². The number of rotatable bonds is 2. The molecule has 5 nitrogen and oxygen atoms in total. The van der Waals surface area contributed by atoms with E-state index in [2.05, 4.69) is 41.5 Å². The molecule has 2 aromatic rings. The minimum atomic E-state index is -0.291. The zero-order valence-electron chi connectivity index (χ0n) is 13.9. The zero-order chi connectivity index (χ0) is 16.8. The Morgan fingerprint density at radius 2 is 1.79 bits per heavy atom. The van der Waals surface area contributed by atoms with Gasteiger partial charge in [0.25, 0.3) is 5.56 Å². The molecule has 1 aromatic carbocycles. The average molecular weight is 323 g/mol. The minimum absolute atomic E-state index is 0.146. The Morgan fingerprint density at radius 1 is 1.04 bits per heavy atom. The maximum Gasteiger partial charge on any atom is 0.270 e. The van der Waals surface area contributed by atoms with Crippen LogP contribution in [0.25, 0.3) is 0 Å². The predicted octanol–water partition coefficient (Wildman–Crippen LogP) is 3.39. The summed E-state index contributed by atoms with van der Waals surface area (Å²) >= 11 is 0. The Labute approximate surface area is 140 Å². The summed E-state index contributed by atoms with van der Waals surface area (Å²) in [4.78, 5) is 25.0. The molecule has 5 heteroatoms. The van der Waals surface area contributed by atoms with Crippen LogP contribution >= 0.6 is 0 Å². The summed E-state index contributed by atoms with van der Waals surface area (Å²) in [6.07, 6.45) is 2.25. The number of allylic oxidation sites excluding steroid dienone is 2. The van der Waals surface area contributed by atoms with Crippen molar-refractivity contribution < 1.29 is 4.79 Å². The zero-order valence-corrected chi connectivity index (χ0v) is 13.9. The molecule has 0 fully saturated rings. The van der Waals surface area contributed by atoms with E-state index in [1.165, 1.54) is 5.56 Å². The summed E-state index contributed by atoms with van der Waals surface area (Å²) in [6, 6.07) is 8.29. The minimum Gasteiger partial charge on any atom is -0.343 e. The summed E-state index contributed by atoms with van der Waals surface area (Å²) in [7, 11) is 0. The number of nitrogens with one attached hydrogen (secondary N) is 3. The number of aromatic nitrogens is 2. The quantitative estimate of drug-likeness (QED) is 0.793. The number of carbonyl (C=O) groups excluding carboxylic acids is 1. The van der Waals surface area contributed by atoms with Gasteiger partial charge in [0.2, 0.25) is 0 Å². The molecule has 1 unspecified atom stereocenters. The molecule has 0 amide bonds. The second-order valence-corrected chi connectivity index (χ2v) is 6.92. The van der Waals surface area contributed by atoms with E-state index in [9.17, 15) is 9.59 Å². The van der Waals surface area contributed by atoms with Crippen molar-refractivity contribution in [1.82, 2.24) is 10.2 Å². The summed E-state index contributed by atoms with van der Waals surface area (Å²) < 4.78 is 0. The largest absolute Gasteiger partial charge is 0.343 e. The number of ketones is 1. The van der Waals surface area contributed by atoms with Crippen molar-refractivity contribution in [2.45, 2.75) is 44.9 Å². The van der Waals surface area contributed by atoms with Gasteiger partial charge in [-0.15, -0.1) is 0 Å². The number of Topliss-reactive ketones (excluding diaryl/α,β-unsaturated/α-hetero) is 1. The van der Waals surface area contributed by atoms with Crippen LogP contribution in [0.5, 0.6) is 0 Å². The molecule has 124 valence electrons. The number of hydrogen-bond donors (Lipinski definition) is 3. The second kappa shape index (κ2) is 5.51. The Kier molecular flexibility index (Phi) is 3.44. The predicted molar refractivity (Wildman–Crippen MR) is 93.3 cm³/mol. The fraction of sp³-hybridized carbons (Fsp3) is 0.368. The highest BCUT2D eigenvalue weighted by molar-refractivity contribution is 6.00. The van der Waals surface area contributed by atoms with Crippen LogP contribution < -0.4 is 10.9 Å². The van der Waals surface area contributed by atoms with Crippen LogP contribution in [0.15, 0.2) is 40.3 Å². The van der Waals surface area contributed by atoms with Gasteiger partial charge in [0.1, 0.15) is 5.82 Å². The molecule has 0 radical (unpaired) electrons. The summed E-state index contributed by atoms with van der Waals surface area (Å²) in [5.74, 6) is 0.990. The van der Waals surface area contributed by atoms with Crippen molar-refractivity contribution in [2.75, 3.05) is 5.32 Å². The second-order valence-electron chi connectivity index (χ2n) is 6.92. The highest BCUT2D eigenvalue weighted by atomic mass is 16.1. The van der Waals surface area contributed by atoms with Gasteiger partial charge in [0.05, 0.1) is 5.56 Å². The van der Waals surface area contributed by atoms with Gasteiger partial charge < -0.3 is 5.32 Å². The fourth-order valence-electron chi connectivity index (χ4n) is 3.77. The van der Waals surface area contributed by atoms with Crippen LogP contribution in [0.2, 0.25) is 0 Å². The summed E-state index contributed by atoms with van der Waals surface area (Å²) in [5.41, 5.74) is 4.40. The highest BCUT2D eigenvalue weighted by Crippen LogP contribution is 2.43. The molecule has 1 aliphatic carbocycles. The van der Waals surface area contributed by atoms with E-state index >= 15 is 0 Å². The average Bonchev–Trinajstić information content (AvgIpc) is 2.94. The van der Waals surface area contributed by atoms with Gasteiger partial charge >= 0.3 is 0 Å². The fourth-order valence-corrected chi connectivity index (χ4v) is 3.77. The first-order valence-corrected chi connectivity index (χ1v) is 8.50. The van der Waals surface area contributed by atoms with Crippen molar-refractivity contribution in [3.05, 3.63) is 62.6 Å². The molecule has 4 rings (SSSR count). The van der Waals surface area contributed by atoms with Crippen LogP contribution in [0, 0.1) is 0 Å². The van der Waals surface area contributed by atoms with Crippen LogP contribution in [0.4, 0.5) is 5.82 Å². The third-order valence-electron chi connectivity index (χ3n) is 5.06. The van der Waals surface area contributed by atoms with E-state index < -0.39 is 0 Å². The molecular weight excluding hydrogens is 302 g/mol. The van der Waals surface area contributed by atoms with E-state index in [1.807, 2.05) is 12.1 Å². The normalized spacial score (nSPS) is 20.0. The molecule has 1 aromatic heterocycles. The molecule has 0 bridgehead atoms. The van der Waals surface area contributed by atoms with E-state index in [-0.39, 0.29) is 17.3 Å². The van der Waals surface area contributed by atoms with Crippen LogP contribution in [0.1, 0.15) is 61.6 Å². The third-order valence-corrected chi connectivity index (χ3v) is 5.06. The van der Waals surface area contributed by atoms with Gasteiger partial charge in [-0.05, 0) is 29.9 Å².